The highest BCUT2D eigenvalue weighted by Gasteiger charge is 2.20. The van der Waals surface area contributed by atoms with E-state index in [2.05, 4.69) is 10.1 Å². The number of esters is 2. The SMILES string of the molecule is COC(=O)[C@H](Cc1ccc(Oc2cccc([C@@H](N)C(=O)OC)c2)cc1)NC(C)=O. The standard InChI is InChI=1S/C21H24N2O6/c1-13(24)23-18(20(25)27-2)11-14-7-9-16(10-8-14)29-17-6-4-5-15(12-17)19(22)21(26)28-3/h4-10,12,18-19H,11,22H2,1-3H3,(H,23,24)/t18-,19+/m0/s1. The summed E-state index contributed by atoms with van der Waals surface area (Å²) in [5, 5.41) is 2.57. The highest BCUT2D eigenvalue weighted by Crippen LogP contribution is 2.25. The van der Waals surface area contributed by atoms with Crippen LogP contribution in [0.15, 0.2) is 48.5 Å². The number of benzene rings is 2. The molecular formula is C21H24N2O6. The molecule has 8 heteroatoms. The molecule has 29 heavy (non-hydrogen) atoms. The van der Waals surface area contributed by atoms with Crippen LogP contribution in [0.5, 0.6) is 11.5 Å². The molecule has 0 radical (unpaired) electrons. The fourth-order valence-electron chi connectivity index (χ4n) is 2.68. The number of rotatable bonds is 8. The molecular weight excluding hydrogens is 376 g/mol. The number of methoxy groups -OCH3 is 2. The van der Waals surface area contributed by atoms with Crippen LogP contribution in [0.25, 0.3) is 0 Å². The maximum atomic E-state index is 11.8. The summed E-state index contributed by atoms with van der Waals surface area (Å²) in [6.07, 6.45) is 0.288. The van der Waals surface area contributed by atoms with Crippen molar-refractivity contribution in [3.63, 3.8) is 0 Å². The topological polar surface area (TPSA) is 117 Å². The van der Waals surface area contributed by atoms with Crippen LogP contribution >= 0.6 is 0 Å². The Morgan fingerprint density at radius 3 is 2.21 bits per heavy atom. The van der Waals surface area contributed by atoms with E-state index in [1.165, 1.54) is 21.1 Å². The molecule has 0 bridgehead atoms. The normalized spacial score (nSPS) is 12.4. The molecule has 0 aliphatic rings. The van der Waals surface area contributed by atoms with Gasteiger partial charge in [0.15, 0.2) is 0 Å². The molecule has 2 atom stereocenters. The lowest BCUT2D eigenvalue weighted by Crippen LogP contribution is -2.41. The summed E-state index contributed by atoms with van der Waals surface area (Å²) in [7, 11) is 2.55. The molecule has 0 saturated carbocycles. The van der Waals surface area contributed by atoms with Crippen LogP contribution in [0.1, 0.15) is 24.1 Å². The minimum absolute atomic E-state index is 0.288. The van der Waals surface area contributed by atoms with Crippen molar-refractivity contribution in [2.24, 2.45) is 5.73 Å². The van der Waals surface area contributed by atoms with Gasteiger partial charge in [-0.25, -0.2) is 4.79 Å². The molecule has 0 unspecified atom stereocenters. The molecule has 0 aliphatic carbocycles. The van der Waals surface area contributed by atoms with Crippen molar-refractivity contribution in [3.8, 4) is 11.5 Å². The number of ether oxygens (including phenoxy) is 3. The lowest BCUT2D eigenvalue weighted by atomic mass is 10.1. The van der Waals surface area contributed by atoms with Crippen molar-refractivity contribution >= 4 is 17.8 Å². The smallest absolute Gasteiger partial charge is 0.328 e. The predicted octanol–water partition coefficient (Wildman–Crippen LogP) is 1.87. The molecule has 2 rings (SSSR count). The van der Waals surface area contributed by atoms with E-state index in [0.717, 1.165) is 5.56 Å². The Balaban J connectivity index is 2.08. The van der Waals surface area contributed by atoms with Gasteiger partial charge in [-0.05, 0) is 35.4 Å². The second-order valence-corrected chi connectivity index (χ2v) is 6.30. The Morgan fingerprint density at radius 1 is 0.966 bits per heavy atom. The van der Waals surface area contributed by atoms with Gasteiger partial charge < -0.3 is 25.3 Å². The van der Waals surface area contributed by atoms with Gasteiger partial charge in [0.05, 0.1) is 14.2 Å². The van der Waals surface area contributed by atoms with Gasteiger partial charge in [-0.1, -0.05) is 24.3 Å². The predicted molar refractivity (Wildman–Crippen MR) is 105 cm³/mol. The summed E-state index contributed by atoms with van der Waals surface area (Å²) in [5.74, 6) is -0.289. The highest BCUT2D eigenvalue weighted by atomic mass is 16.5. The van der Waals surface area contributed by atoms with Crippen molar-refractivity contribution in [2.75, 3.05) is 14.2 Å². The van der Waals surface area contributed by atoms with Crippen LogP contribution in [0.4, 0.5) is 0 Å². The van der Waals surface area contributed by atoms with Gasteiger partial charge in [0.1, 0.15) is 23.6 Å². The summed E-state index contributed by atoms with van der Waals surface area (Å²) in [6.45, 7) is 1.34. The summed E-state index contributed by atoms with van der Waals surface area (Å²) in [6, 6.07) is 12.3. The Hall–Kier alpha value is -3.39. The van der Waals surface area contributed by atoms with Gasteiger partial charge in [-0.3, -0.25) is 9.59 Å². The summed E-state index contributed by atoms with van der Waals surface area (Å²) >= 11 is 0. The van der Waals surface area contributed by atoms with E-state index < -0.39 is 24.0 Å². The van der Waals surface area contributed by atoms with E-state index in [9.17, 15) is 14.4 Å². The first-order valence-electron chi connectivity index (χ1n) is 8.89. The lowest BCUT2D eigenvalue weighted by Gasteiger charge is -2.16. The van der Waals surface area contributed by atoms with Crippen LogP contribution in [0, 0.1) is 0 Å². The average molecular weight is 400 g/mol. The van der Waals surface area contributed by atoms with E-state index >= 15 is 0 Å². The molecule has 154 valence electrons. The number of hydrogen-bond acceptors (Lipinski definition) is 7. The van der Waals surface area contributed by atoms with Crippen molar-refractivity contribution < 1.29 is 28.6 Å². The molecule has 1 amide bonds. The van der Waals surface area contributed by atoms with E-state index in [1.54, 1.807) is 48.5 Å². The number of amides is 1. The monoisotopic (exact) mass is 400 g/mol. The molecule has 2 aromatic carbocycles. The van der Waals surface area contributed by atoms with Gasteiger partial charge >= 0.3 is 11.9 Å². The minimum atomic E-state index is -0.894. The quantitative estimate of drug-likeness (QED) is 0.650. The van der Waals surface area contributed by atoms with Gasteiger partial charge in [0.25, 0.3) is 0 Å². The Labute approximate surface area is 168 Å². The van der Waals surface area contributed by atoms with Gasteiger partial charge in [-0.2, -0.15) is 0 Å². The third kappa shape index (κ3) is 6.32. The maximum absolute atomic E-state index is 11.8. The largest absolute Gasteiger partial charge is 0.468 e. The zero-order valence-corrected chi connectivity index (χ0v) is 16.5. The number of nitrogens with one attached hydrogen (secondary N) is 1. The van der Waals surface area contributed by atoms with Crippen LogP contribution < -0.4 is 15.8 Å². The zero-order valence-electron chi connectivity index (χ0n) is 16.5. The van der Waals surface area contributed by atoms with Crippen molar-refractivity contribution in [1.29, 1.82) is 0 Å². The Bertz CT molecular complexity index is 866. The second kappa shape index (κ2) is 10.2. The first-order valence-corrected chi connectivity index (χ1v) is 8.89. The fraction of sp³-hybridized carbons (Fsp3) is 0.286. The molecule has 0 heterocycles. The van der Waals surface area contributed by atoms with Crippen molar-refractivity contribution in [3.05, 3.63) is 59.7 Å². The van der Waals surface area contributed by atoms with Crippen LogP contribution in [-0.4, -0.2) is 38.1 Å². The molecule has 3 N–H and O–H groups in total. The summed E-state index contributed by atoms with van der Waals surface area (Å²) in [5.41, 5.74) is 7.24. The number of carbonyl (C=O) groups excluding carboxylic acids is 3. The average Bonchev–Trinajstić information content (AvgIpc) is 2.72. The van der Waals surface area contributed by atoms with Crippen LogP contribution in [-0.2, 0) is 30.3 Å². The molecule has 0 fully saturated rings. The van der Waals surface area contributed by atoms with Gasteiger partial charge in [0.2, 0.25) is 5.91 Å². The molecule has 0 aromatic heterocycles. The maximum Gasteiger partial charge on any atom is 0.328 e. The summed E-state index contributed by atoms with van der Waals surface area (Å²) < 4.78 is 15.2. The van der Waals surface area contributed by atoms with Crippen molar-refractivity contribution in [2.45, 2.75) is 25.4 Å². The second-order valence-electron chi connectivity index (χ2n) is 6.30. The molecule has 0 saturated heterocycles. The number of carbonyl (C=O) groups is 3. The van der Waals surface area contributed by atoms with E-state index in [4.69, 9.17) is 15.2 Å². The van der Waals surface area contributed by atoms with Gasteiger partial charge in [0, 0.05) is 13.3 Å². The Kier molecular flexibility index (Phi) is 7.73. The minimum Gasteiger partial charge on any atom is -0.468 e. The van der Waals surface area contributed by atoms with Crippen molar-refractivity contribution in [1.82, 2.24) is 5.32 Å². The molecule has 0 spiro atoms. The molecule has 2 aromatic rings. The van der Waals surface area contributed by atoms with E-state index in [0.29, 0.717) is 17.1 Å². The third-order valence-electron chi connectivity index (χ3n) is 4.13. The number of nitrogens with two attached hydrogens (primary N) is 1. The lowest BCUT2D eigenvalue weighted by molar-refractivity contribution is -0.144. The first kappa shape index (κ1) is 21.9. The highest BCUT2D eigenvalue weighted by molar-refractivity contribution is 5.83. The first-order chi connectivity index (χ1) is 13.8. The summed E-state index contributed by atoms with van der Waals surface area (Å²) in [4.78, 5) is 34.7. The van der Waals surface area contributed by atoms with Crippen LogP contribution in [0.2, 0.25) is 0 Å². The third-order valence-corrected chi connectivity index (χ3v) is 4.13. The van der Waals surface area contributed by atoms with E-state index in [-0.39, 0.29) is 12.3 Å². The molecule has 8 nitrogen and oxygen atoms in total. The fourth-order valence-corrected chi connectivity index (χ4v) is 2.68. The molecule has 0 aliphatic heterocycles. The van der Waals surface area contributed by atoms with Gasteiger partial charge in [-0.15, -0.1) is 0 Å². The van der Waals surface area contributed by atoms with E-state index in [1.807, 2.05) is 0 Å². The van der Waals surface area contributed by atoms with Crippen LogP contribution in [0.3, 0.4) is 0 Å². The Morgan fingerprint density at radius 2 is 1.62 bits per heavy atom. The number of hydrogen-bond donors (Lipinski definition) is 2. The zero-order chi connectivity index (χ0) is 21.4.